The average molecular weight is 362 g/mol. The SMILES string of the molecule is COC(=O)c1ccc(/C=C/C(=O)Oc2ccc([N+](=O)[O-])cc2Cl)cc1. The highest BCUT2D eigenvalue weighted by atomic mass is 35.5. The third kappa shape index (κ3) is 4.89. The van der Waals surface area contributed by atoms with E-state index in [9.17, 15) is 19.7 Å². The maximum absolute atomic E-state index is 11.8. The highest BCUT2D eigenvalue weighted by Crippen LogP contribution is 2.28. The van der Waals surface area contributed by atoms with E-state index in [-0.39, 0.29) is 16.5 Å². The van der Waals surface area contributed by atoms with E-state index in [0.717, 1.165) is 6.07 Å². The molecule has 0 spiro atoms. The van der Waals surface area contributed by atoms with Crippen LogP contribution in [0.4, 0.5) is 5.69 Å². The number of non-ortho nitro benzene ring substituents is 1. The van der Waals surface area contributed by atoms with Gasteiger partial charge in [-0.05, 0) is 29.8 Å². The molecule has 0 amide bonds. The van der Waals surface area contributed by atoms with Crippen molar-refractivity contribution in [1.82, 2.24) is 0 Å². The zero-order valence-electron chi connectivity index (χ0n) is 13.0. The van der Waals surface area contributed by atoms with Gasteiger partial charge >= 0.3 is 11.9 Å². The number of carbonyl (C=O) groups excluding carboxylic acids is 2. The molecule has 0 radical (unpaired) electrons. The van der Waals surface area contributed by atoms with Crippen LogP contribution in [0.3, 0.4) is 0 Å². The Hall–Kier alpha value is -3.19. The Morgan fingerprint density at radius 3 is 2.40 bits per heavy atom. The molecular weight excluding hydrogens is 350 g/mol. The number of methoxy groups -OCH3 is 1. The van der Waals surface area contributed by atoms with Crippen LogP contribution in [-0.4, -0.2) is 24.0 Å². The molecule has 2 aromatic rings. The molecule has 25 heavy (non-hydrogen) atoms. The molecule has 0 N–H and O–H groups in total. The molecule has 0 atom stereocenters. The summed E-state index contributed by atoms with van der Waals surface area (Å²) >= 11 is 5.85. The van der Waals surface area contributed by atoms with Crippen LogP contribution >= 0.6 is 11.6 Å². The molecule has 2 aromatic carbocycles. The maximum atomic E-state index is 11.8. The highest BCUT2D eigenvalue weighted by Gasteiger charge is 2.12. The first-order chi connectivity index (χ1) is 11.9. The molecule has 128 valence electrons. The molecular formula is C17H12ClNO6. The molecule has 8 heteroatoms. The van der Waals surface area contributed by atoms with Crippen molar-refractivity contribution in [3.8, 4) is 5.75 Å². The monoisotopic (exact) mass is 361 g/mol. The standard InChI is InChI=1S/C17H12ClNO6/c1-24-17(21)12-5-2-11(3-6-12)4-9-16(20)25-15-8-7-13(19(22)23)10-14(15)18/h2-10H,1H3/b9-4+. The van der Waals surface area contributed by atoms with Crippen molar-refractivity contribution >= 4 is 35.3 Å². The van der Waals surface area contributed by atoms with Crippen LogP contribution < -0.4 is 4.74 Å². The van der Waals surface area contributed by atoms with Crippen molar-refractivity contribution in [3.05, 3.63) is 74.8 Å². The quantitative estimate of drug-likeness (QED) is 0.265. The van der Waals surface area contributed by atoms with Crippen LogP contribution in [0.1, 0.15) is 15.9 Å². The zero-order chi connectivity index (χ0) is 18.4. The fraction of sp³-hybridized carbons (Fsp3) is 0.0588. The van der Waals surface area contributed by atoms with Crippen molar-refractivity contribution < 1.29 is 24.0 Å². The Labute approximate surface area is 147 Å². The van der Waals surface area contributed by atoms with E-state index in [1.54, 1.807) is 24.3 Å². The minimum Gasteiger partial charge on any atom is -0.465 e. The van der Waals surface area contributed by atoms with Gasteiger partial charge in [-0.2, -0.15) is 0 Å². The highest BCUT2D eigenvalue weighted by molar-refractivity contribution is 6.32. The third-order valence-electron chi connectivity index (χ3n) is 3.08. The summed E-state index contributed by atoms with van der Waals surface area (Å²) < 4.78 is 9.62. The minimum atomic E-state index is -0.701. The number of esters is 2. The Bertz CT molecular complexity index is 845. The van der Waals surface area contributed by atoms with E-state index in [0.29, 0.717) is 11.1 Å². The molecule has 0 aliphatic heterocycles. The van der Waals surface area contributed by atoms with Crippen LogP contribution in [-0.2, 0) is 9.53 Å². The van der Waals surface area contributed by atoms with Crippen LogP contribution in [0.5, 0.6) is 5.75 Å². The summed E-state index contributed by atoms with van der Waals surface area (Å²) in [5.41, 5.74) is 0.852. The summed E-state index contributed by atoms with van der Waals surface area (Å²) in [6, 6.07) is 9.92. The molecule has 0 fully saturated rings. The summed E-state index contributed by atoms with van der Waals surface area (Å²) in [5.74, 6) is -1.14. The van der Waals surface area contributed by atoms with Crippen LogP contribution in [0.25, 0.3) is 6.08 Å². The molecule has 0 aliphatic rings. The second kappa shape index (κ2) is 8.07. The topological polar surface area (TPSA) is 95.7 Å². The van der Waals surface area contributed by atoms with Gasteiger partial charge in [0.15, 0.2) is 0 Å². The number of hydrogen-bond acceptors (Lipinski definition) is 6. The van der Waals surface area contributed by atoms with Gasteiger partial charge < -0.3 is 9.47 Å². The summed E-state index contributed by atoms with van der Waals surface area (Å²) in [5, 5.41) is 10.6. The first-order valence-electron chi connectivity index (χ1n) is 6.93. The van der Waals surface area contributed by atoms with E-state index in [1.165, 1.54) is 31.4 Å². The summed E-state index contributed by atoms with van der Waals surface area (Å²) in [6.45, 7) is 0. The van der Waals surface area contributed by atoms with Gasteiger partial charge in [-0.1, -0.05) is 23.7 Å². The number of ether oxygens (including phenoxy) is 2. The van der Waals surface area contributed by atoms with Crippen LogP contribution in [0, 0.1) is 10.1 Å². The van der Waals surface area contributed by atoms with E-state index in [1.807, 2.05) is 0 Å². The number of nitro benzene ring substituents is 1. The largest absolute Gasteiger partial charge is 0.465 e. The van der Waals surface area contributed by atoms with Gasteiger partial charge in [0.25, 0.3) is 5.69 Å². The van der Waals surface area contributed by atoms with Gasteiger partial charge in [0, 0.05) is 18.2 Å². The molecule has 0 saturated heterocycles. The zero-order valence-corrected chi connectivity index (χ0v) is 13.7. The number of nitro groups is 1. The smallest absolute Gasteiger partial charge is 0.337 e. The molecule has 0 saturated carbocycles. The van der Waals surface area contributed by atoms with E-state index >= 15 is 0 Å². The lowest BCUT2D eigenvalue weighted by Crippen LogP contribution is -2.04. The number of hydrogen-bond donors (Lipinski definition) is 0. The van der Waals surface area contributed by atoms with Gasteiger partial charge in [-0.15, -0.1) is 0 Å². The van der Waals surface area contributed by atoms with E-state index in [4.69, 9.17) is 16.3 Å². The van der Waals surface area contributed by atoms with Gasteiger partial charge in [0.1, 0.15) is 5.75 Å². The van der Waals surface area contributed by atoms with Crippen molar-refractivity contribution in [2.75, 3.05) is 7.11 Å². The third-order valence-corrected chi connectivity index (χ3v) is 3.38. The first-order valence-corrected chi connectivity index (χ1v) is 7.30. The Morgan fingerprint density at radius 2 is 1.84 bits per heavy atom. The summed E-state index contributed by atoms with van der Waals surface area (Å²) in [6.07, 6.45) is 2.66. The minimum absolute atomic E-state index is 0.0166. The second-order valence-electron chi connectivity index (χ2n) is 4.74. The summed E-state index contributed by atoms with van der Waals surface area (Å²) in [7, 11) is 1.29. The Morgan fingerprint density at radius 1 is 1.16 bits per heavy atom. The average Bonchev–Trinajstić information content (AvgIpc) is 2.61. The normalized spacial score (nSPS) is 10.5. The predicted molar refractivity (Wildman–Crippen MR) is 90.6 cm³/mol. The van der Waals surface area contributed by atoms with E-state index in [2.05, 4.69) is 4.74 Å². The lowest BCUT2D eigenvalue weighted by atomic mass is 10.1. The van der Waals surface area contributed by atoms with Crippen molar-refractivity contribution in [2.24, 2.45) is 0 Å². The second-order valence-corrected chi connectivity index (χ2v) is 5.15. The number of rotatable bonds is 5. The molecule has 0 bridgehead atoms. The lowest BCUT2D eigenvalue weighted by molar-refractivity contribution is -0.384. The van der Waals surface area contributed by atoms with Crippen LogP contribution in [0.2, 0.25) is 5.02 Å². The molecule has 7 nitrogen and oxygen atoms in total. The number of halogens is 1. The van der Waals surface area contributed by atoms with Crippen molar-refractivity contribution in [3.63, 3.8) is 0 Å². The van der Waals surface area contributed by atoms with Crippen molar-refractivity contribution in [1.29, 1.82) is 0 Å². The molecule has 0 aromatic heterocycles. The maximum Gasteiger partial charge on any atom is 0.337 e. The number of carbonyl (C=O) groups is 2. The van der Waals surface area contributed by atoms with E-state index < -0.39 is 16.9 Å². The van der Waals surface area contributed by atoms with Gasteiger partial charge in [0.2, 0.25) is 0 Å². The number of benzene rings is 2. The van der Waals surface area contributed by atoms with Gasteiger partial charge in [-0.25, -0.2) is 9.59 Å². The van der Waals surface area contributed by atoms with Crippen molar-refractivity contribution in [2.45, 2.75) is 0 Å². The number of nitrogens with zero attached hydrogens (tertiary/aromatic N) is 1. The fourth-order valence-corrected chi connectivity index (χ4v) is 2.05. The summed E-state index contributed by atoms with van der Waals surface area (Å²) in [4.78, 5) is 33.2. The predicted octanol–water partition coefficient (Wildman–Crippen LogP) is 3.65. The Balaban J connectivity index is 2.03. The molecule has 0 heterocycles. The van der Waals surface area contributed by atoms with Gasteiger partial charge in [-0.3, -0.25) is 10.1 Å². The molecule has 0 unspecified atom stereocenters. The first kappa shape index (κ1) is 18.2. The molecule has 0 aliphatic carbocycles. The van der Waals surface area contributed by atoms with Crippen LogP contribution in [0.15, 0.2) is 48.5 Å². The van der Waals surface area contributed by atoms with Gasteiger partial charge in [0.05, 0.1) is 22.6 Å². The molecule has 2 rings (SSSR count). The fourth-order valence-electron chi connectivity index (χ4n) is 1.84. The lowest BCUT2D eigenvalue weighted by Gasteiger charge is -2.03. The Kier molecular flexibility index (Phi) is 5.86.